The minimum atomic E-state index is -0.408. The molecule has 114 valence electrons. The fraction of sp³-hybridized carbons (Fsp3) is 0.750. The van der Waals surface area contributed by atoms with Gasteiger partial charge in [-0.2, -0.15) is 0 Å². The molecule has 1 aliphatic carbocycles. The van der Waals surface area contributed by atoms with Gasteiger partial charge in [-0.25, -0.2) is 0 Å². The number of thiophene rings is 1. The molecule has 0 aromatic carbocycles. The average Bonchev–Trinajstić information content (AvgIpc) is 2.98. The summed E-state index contributed by atoms with van der Waals surface area (Å²) in [5, 5.41) is 15.6. The number of hydrogen-bond donors (Lipinski definition) is 2. The van der Waals surface area contributed by atoms with E-state index in [1.807, 2.05) is 11.4 Å². The molecular weight excluding hydrogens is 270 g/mol. The predicted octanol–water partition coefficient (Wildman–Crippen LogP) is 3.18. The lowest BCUT2D eigenvalue weighted by molar-refractivity contribution is 0.0266. The Bertz CT molecular complexity index is 355. The van der Waals surface area contributed by atoms with Crippen LogP contribution in [0.3, 0.4) is 0 Å². The molecule has 1 aromatic heterocycles. The maximum atomic E-state index is 9.98. The molecule has 0 radical (unpaired) electrons. The van der Waals surface area contributed by atoms with E-state index < -0.39 is 6.10 Å². The summed E-state index contributed by atoms with van der Waals surface area (Å²) in [6.45, 7) is 3.93. The highest BCUT2D eigenvalue weighted by Crippen LogP contribution is 2.26. The van der Waals surface area contributed by atoms with Crippen LogP contribution in [-0.4, -0.2) is 30.4 Å². The first kappa shape index (κ1) is 16.0. The van der Waals surface area contributed by atoms with Crippen molar-refractivity contribution < 1.29 is 9.84 Å². The maximum Gasteiger partial charge on any atom is 0.0897 e. The van der Waals surface area contributed by atoms with Gasteiger partial charge in [-0.05, 0) is 30.2 Å². The van der Waals surface area contributed by atoms with Crippen molar-refractivity contribution in [2.24, 2.45) is 5.92 Å². The minimum absolute atomic E-state index is 0.408. The van der Waals surface area contributed by atoms with E-state index in [4.69, 9.17) is 4.74 Å². The number of ether oxygens (including phenoxy) is 1. The molecule has 1 heterocycles. The summed E-state index contributed by atoms with van der Waals surface area (Å²) in [4.78, 5) is 1.21. The van der Waals surface area contributed by atoms with Gasteiger partial charge < -0.3 is 15.2 Å². The second kappa shape index (κ2) is 8.78. The molecule has 2 rings (SSSR count). The van der Waals surface area contributed by atoms with Gasteiger partial charge in [-0.15, -0.1) is 11.3 Å². The number of rotatable bonds is 8. The van der Waals surface area contributed by atoms with Gasteiger partial charge >= 0.3 is 0 Å². The quantitative estimate of drug-likeness (QED) is 0.774. The summed E-state index contributed by atoms with van der Waals surface area (Å²) in [7, 11) is 0. The lowest BCUT2D eigenvalue weighted by Crippen LogP contribution is -2.43. The van der Waals surface area contributed by atoms with Crippen LogP contribution < -0.4 is 5.32 Å². The lowest BCUT2D eigenvalue weighted by Gasteiger charge is -2.32. The van der Waals surface area contributed by atoms with Crippen LogP contribution in [0.4, 0.5) is 0 Å². The molecule has 3 atom stereocenters. The topological polar surface area (TPSA) is 41.5 Å². The molecule has 0 saturated heterocycles. The standard InChI is InChI=1S/C16H27NO2S/c1-2-13-6-3-4-8-16(13)17-10-14(18)11-19-12-15-7-5-9-20-15/h5,7,9,13-14,16-18H,2-4,6,8,10-12H2,1H3. The summed E-state index contributed by atoms with van der Waals surface area (Å²) in [5.74, 6) is 0.781. The van der Waals surface area contributed by atoms with Gasteiger partial charge in [0.2, 0.25) is 0 Å². The number of hydrogen-bond acceptors (Lipinski definition) is 4. The number of aliphatic hydroxyl groups excluding tert-OH is 1. The molecule has 0 aliphatic heterocycles. The van der Waals surface area contributed by atoms with Gasteiger partial charge in [-0.1, -0.05) is 32.3 Å². The van der Waals surface area contributed by atoms with Gasteiger partial charge in [0.05, 0.1) is 19.3 Å². The highest BCUT2D eigenvalue weighted by Gasteiger charge is 2.23. The van der Waals surface area contributed by atoms with Gasteiger partial charge in [0, 0.05) is 17.5 Å². The zero-order chi connectivity index (χ0) is 14.2. The van der Waals surface area contributed by atoms with E-state index >= 15 is 0 Å². The first-order chi connectivity index (χ1) is 9.79. The number of aliphatic hydroxyl groups is 1. The van der Waals surface area contributed by atoms with E-state index in [9.17, 15) is 5.11 Å². The summed E-state index contributed by atoms with van der Waals surface area (Å²) >= 11 is 1.69. The van der Waals surface area contributed by atoms with Crippen molar-refractivity contribution in [2.45, 2.75) is 57.8 Å². The molecule has 1 fully saturated rings. The Morgan fingerprint density at radius 1 is 1.45 bits per heavy atom. The fourth-order valence-electron chi connectivity index (χ4n) is 3.00. The van der Waals surface area contributed by atoms with Crippen molar-refractivity contribution in [3.05, 3.63) is 22.4 Å². The Labute approximate surface area is 126 Å². The summed E-state index contributed by atoms with van der Waals surface area (Å²) < 4.78 is 5.55. The van der Waals surface area contributed by atoms with Gasteiger partial charge in [-0.3, -0.25) is 0 Å². The van der Waals surface area contributed by atoms with E-state index in [-0.39, 0.29) is 0 Å². The average molecular weight is 297 g/mol. The molecule has 4 heteroatoms. The summed E-state index contributed by atoms with van der Waals surface area (Å²) in [6.07, 6.45) is 6.10. The first-order valence-electron chi connectivity index (χ1n) is 7.81. The van der Waals surface area contributed by atoms with Gasteiger partial charge in [0.15, 0.2) is 0 Å². The molecule has 20 heavy (non-hydrogen) atoms. The second-order valence-corrected chi connectivity index (χ2v) is 6.75. The molecule has 1 saturated carbocycles. The Kier molecular flexibility index (Phi) is 7.00. The smallest absolute Gasteiger partial charge is 0.0897 e. The van der Waals surface area contributed by atoms with E-state index in [1.165, 1.54) is 37.0 Å². The molecular formula is C16H27NO2S. The molecule has 0 amide bonds. The SMILES string of the molecule is CCC1CCCCC1NCC(O)COCc1cccs1. The molecule has 0 bridgehead atoms. The van der Waals surface area contributed by atoms with Crippen LogP contribution in [0.15, 0.2) is 17.5 Å². The van der Waals surface area contributed by atoms with Crippen molar-refractivity contribution in [2.75, 3.05) is 13.2 Å². The largest absolute Gasteiger partial charge is 0.389 e. The van der Waals surface area contributed by atoms with Gasteiger partial charge in [0.1, 0.15) is 0 Å². The Morgan fingerprint density at radius 2 is 2.30 bits per heavy atom. The van der Waals surface area contributed by atoms with Crippen molar-refractivity contribution in [3.8, 4) is 0 Å². The van der Waals surface area contributed by atoms with E-state index in [0.29, 0.717) is 25.8 Å². The van der Waals surface area contributed by atoms with E-state index in [1.54, 1.807) is 11.3 Å². The van der Waals surface area contributed by atoms with Crippen LogP contribution in [0.25, 0.3) is 0 Å². The molecule has 2 N–H and O–H groups in total. The van der Waals surface area contributed by atoms with Crippen LogP contribution in [0.5, 0.6) is 0 Å². The zero-order valence-electron chi connectivity index (χ0n) is 12.4. The highest BCUT2D eigenvalue weighted by molar-refractivity contribution is 7.09. The summed E-state index contributed by atoms with van der Waals surface area (Å²) in [5.41, 5.74) is 0. The van der Waals surface area contributed by atoms with Crippen LogP contribution in [0.1, 0.15) is 43.9 Å². The minimum Gasteiger partial charge on any atom is -0.389 e. The first-order valence-corrected chi connectivity index (χ1v) is 8.69. The van der Waals surface area contributed by atoms with Crippen molar-refractivity contribution in [1.29, 1.82) is 0 Å². The molecule has 3 nitrogen and oxygen atoms in total. The van der Waals surface area contributed by atoms with Gasteiger partial charge in [0.25, 0.3) is 0 Å². The van der Waals surface area contributed by atoms with Crippen molar-refractivity contribution in [3.63, 3.8) is 0 Å². The Morgan fingerprint density at radius 3 is 3.05 bits per heavy atom. The summed E-state index contributed by atoms with van der Waals surface area (Å²) in [6, 6.07) is 4.67. The van der Waals surface area contributed by atoms with Crippen molar-refractivity contribution in [1.82, 2.24) is 5.32 Å². The van der Waals surface area contributed by atoms with Crippen LogP contribution >= 0.6 is 11.3 Å². The number of nitrogens with one attached hydrogen (secondary N) is 1. The van der Waals surface area contributed by atoms with Crippen molar-refractivity contribution >= 4 is 11.3 Å². The Balaban J connectivity index is 1.60. The van der Waals surface area contributed by atoms with Crippen LogP contribution in [0.2, 0.25) is 0 Å². The Hall–Kier alpha value is -0.420. The second-order valence-electron chi connectivity index (χ2n) is 5.72. The van der Waals surface area contributed by atoms with E-state index in [0.717, 1.165) is 5.92 Å². The molecule has 0 spiro atoms. The monoisotopic (exact) mass is 297 g/mol. The third-order valence-electron chi connectivity index (χ3n) is 4.18. The highest BCUT2D eigenvalue weighted by atomic mass is 32.1. The van der Waals surface area contributed by atoms with E-state index in [2.05, 4.69) is 18.3 Å². The predicted molar refractivity (Wildman–Crippen MR) is 84.0 cm³/mol. The molecule has 1 aliphatic rings. The third-order valence-corrected chi connectivity index (χ3v) is 5.03. The lowest BCUT2D eigenvalue weighted by atomic mass is 9.83. The molecule has 1 aromatic rings. The fourth-order valence-corrected chi connectivity index (χ4v) is 3.64. The van der Waals surface area contributed by atoms with Crippen LogP contribution in [-0.2, 0) is 11.3 Å². The third kappa shape index (κ3) is 5.17. The molecule has 3 unspecified atom stereocenters. The normalized spacial score (nSPS) is 24.7. The maximum absolute atomic E-state index is 9.98. The zero-order valence-corrected chi connectivity index (χ0v) is 13.2. The van der Waals surface area contributed by atoms with Crippen LogP contribution in [0, 0.1) is 5.92 Å².